The van der Waals surface area contributed by atoms with Gasteiger partial charge in [-0.05, 0) is 39.3 Å². The predicted octanol–water partition coefficient (Wildman–Crippen LogP) is 2.77. The van der Waals surface area contributed by atoms with Crippen LogP contribution in [0.4, 0.5) is 5.69 Å². The van der Waals surface area contributed by atoms with Crippen molar-refractivity contribution >= 4 is 11.6 Å². The van der Waals surface area contributed by atoms with Crippen molar-refractivity contribution < 1.29 is 9.53 Å². The van der Waals surface area contributed by atoms with E-state index in [-0.39, 0.29) is 18.6 Å². The molecule has 1 aromatic carbocycles. The van der Waals surface area contributed by atoms with E-state index in [9.17, 15) is 4.79 Å². The van der Waals surface area contributed by atoms with E-state index in [0.29, 0.717) is 5.92 Å². The second-order valence-electron chi connectivity index (χ2n) is 7.94. The van der Waals surface area contributed by atoms with E-state index >= 15 is 0 Å². The molecule has 0 saturated carbocycles. The summed E-state index contributed by atoms with van der Waals surface area (Å²) in [7, 11) is 0. The van der Waals surface area contributed by atoms with E-state index in [1.54, 1.807) is 0 Å². The van der Waals surface area contributed by atoms with Gasteiger partial charge in [0, 0.05) is 55.6 Å². The number of fused-ring (bicyclic) bond motifs is 1. The molecule has 2 aliphatic rings. The molecule has 1 aromatic heterocycles. The number of aromatic nitrogens is 2. The fourth-order valence-electron chi connectivity index (χ4n) is 4.57. The summed E-state index contributed by atoms with van der Waals surface area (Å²) in [4.78, 5) is 17.0. The lowest BCUT2D eigenvalue weighted by molar-refractivity contribution is -0.124. The summed E-state index contributed by atoms with van der Waals surface area (Å²) in [6, 6.07) is 9.95. The molecule has 0 radical (unpaired) electrons. The fourth-order valence-corrected chi connectivity index (χ4v) is 4.57. The van der Waals surface area contributed by atoms with Crippen LogP contribution in [0.5, 0.6) is 0 Å². The molecule has 150 valence electrons. The van der Waals surface area contributed by atoms with Gasteiger partial charge in [0.2, 0.25) is 0 Å². The molecule has 2 aliphatic heterocycles. The highest BCUT2D eigenvalue weighted by Gasteiger charge is 2.36. The highest BCUT2D eigenvalue weighted by Crippen LogP contribution is 2.28. The molecule has 6 heteroatoms. The number of para-hydroxylation sites is 1. The number of ether oxygens (including phenoxy) is 1. The van der Waals surface area contributed by atoms with E-state index in [1.807, 2.05) is 35.2 Å². The minimum Gasteiger partial charge on any atom is -0.368 e. The van der Waals surface area contributed by atoms with E-state index in [0.717, 1.165) is 50.5 Å². The van der Waals surface area contributed by atoms with Gasteiger partial charge in [0.05, 0.1) is 11.8 Å². The zero-order chi connectivity index (χ0) is 19.7. The molecule has 1 amide bonds. The number of benzene rings is 1. The van der Waals surface area contributed by atoms with Crippen molar-refractivity contribution in [1.29, 1.82) is 0 Å². The molecule has 2 aromatic rings. The van der Waals surface area contributed by atoms with Gasteiger partial charge >= 0.3 is 0 Å². The first-order valence-electron chi connectivity index (χ1n) is 10.3. The van der Waals surface area contributed by atoms with Crippen molar-refractivity contribution in [2.75, 3.05) is 31.1 Å². The summed E-state index contributed by atoms with van der Waals surface area (Å²) < 4.78 is 8.09. The lowest BCUT2D eigenvalue weighted by atomic mass is 9.93. The Hall–Kier alpha value is -2.18. The molecule has 0 spiro atoms. The number of rotatable bonds is 4. The summed E-state index contributed by atoms with van der Waals surface area (Å²) >= 11 is 0. The van der Waals surface area contributed by atoms with E-state index in [4.69, 9.17) is 4.74 Å². The molecule has 4 rings (SSSR count). The molecular weight excluding hydrogens is 352 g/mol. The Balaban J connectivity index is 1.50. The van der Waals surface area contributed by atoms with Gasteiger partial charge in [0.15, 0.2) is 0 Å². The van der Waals surface area contributed by atoms with Gasteiger partial charge in [0.25, 0.3) is 5.91 Å². The number of hydrogen-bond donors (Lipinski definition) is 0. The van der Waals surface area contributed by atoms with Gasteiger partial charge in [-0.3, -0.25) is 14.4 Å². The first kappa shape index (κ1) is 19.2. The molecule has 0 bridgehead atoms. The van der Waals surface area contributed by atoms with Gasteiger partial charge in [-0.25, -0.2) is 0 Å². The average Bonchev–Trinajstić information content (AvgIpc) is 2.88. The van der Waals surface area contributed by atoms with E-state index in [1.165, 1.54) is 11.3 Å². The van der Waals surface area contributed by atoms with Crippen molar-refractivity contribution in [1.82, 2.24) is 14.7 Å². The van der Waals surface area contributed by atoms with Crippen LogP contribution in [0.1, 0.15) is 30.3 Å². The number of amides is 1. The highest BCUT2D eigenvalue weighted by molar-refractivity contribution is 5.94. The Kier molecular flexibility index (Phi) is 5.51. The minimum absolute atomic E-state index is 0.0584. The normalized spacial score (nSPS) is 23.5. The first-order valence-corrected chi connectivity index (χ1v) is 10.3. The van der Waals surface area contributed by atoms with Crippen molar-refractivity contribution in [3.8, 4) is 0 Å². The zero-order valence-electron chi connectivity index (χ0n) is 17.1. The average molecular weight is 383 g/mol. The summed E-state index contributed by atoms with van der Waals surface area (Å²) in [5.74, 6) is 0.380. The van der Waals surface area contributed by atoms with E-state index in [2.05, 4.69) is 35.5 Å². The van der Waals surface area contributed by atoms with Crippen molar-refractivity contribution in [2.45, 2.75) is 46.4 Å². The number of carbonyl (C=O) groups excluding carboxylic acids is 1. The van der Waals surface area contributed by atoms with E-state index < -0.39 is 0 Å². The number of anilines is 1. The standard InChI is InChI=1S/C22H30N4O2/c1-4-26-17(3)20(16(2)23-26)14-24-11-10-21-18(12-24)13-25(22(27)15-28-21)19-8-6-5-7-9-19/h5-9,18,21H,4,10-15H2,1-3H3/t18-,21+/m1/s1. The molecule has 6 nitrogen and oxygen atoms in total. The maximum atomic E-state index is 12.6. The monoisotopic (exact) mass is 382 g/mol. The van der Waals surface area contributed by atoms with Crippen LogP contribution >= 0.6 is 0 Å². The fraction of sp³-hybridized carbons (Fsp3) is 0.545. The quantitative estimate of drug-likeness (QED) is 0.816. The van der Waals surface area contributed by atoms with Gasteiger partial charge < -0.3 is 9.64 Å². The van der Waals surface area contributed by atoms with Crippen molar-refractivity contribution in [3.05, 3.63) is 47.3 Å². The number of carbonyl (C=O) groups is 1. The van der Waals surface area contributed by atoms with Crippen molar-refractivity contribution in [2.24, 2.45) is 5.92 Å². The second kappa shape index (κ2) is 8.05. The second-order valence-corrected chi connectivity index (χ2v) is 7.94. The third kappa shape index (κ3) is 3.71. The predicted molar refractivity (Wildman–Crippen MR) is 109 cm³/mol. The largest absolute Gasteiger partial charge is 0.368 e. The minimum atomic E-state index is 0.0584. The van der Waals surface area contributed by atoms with Gasteiger partial charge in [0.1, 0.15) is 6.61 Å². The van der Waals surface area contributed by atoms with Crippen LogP contribution in [0, 0.1) is 19.8 Å². The third-order valence-electron chi connectivity index (χ3n) is 6.17. The number of nitrogens with zero attached hydrogens (tertiary/aromatic N) is 4. The molecule has 3 heterocycles. The van der Waals surface area contributed by atoms with Crippen LogP contribution in [-0.2, 0) is 22.6 Å². The number of piperidine rings is 1. The molecule has 2 saturated heterocycles. The van der Waals surface area contributed by atoms with Gasteiger partial charge in [-0.2, -0.15) is 5.10 Å². The Bertz CT molecular complexity index is 833. The number of likely N-dealkylation sites (tertiary alicyclic amines) is 1. The molecule has 2 fully saturated rings. The Morgan fingerprint density at radius 2 is 1.96 bits per heavy atom. The maximum Gasteiger partial charge on any atom is 0.252 e. The Morgan fingerprint density at radius 3 is 2.68 bits per heavy atom. The van der Waals surface area contributed by atoms with Gasteiger partial charge in [-0.1, -0.05) is 18.2 Å². The molecular formula is C22H30N4O2. The SMILES string of the molecule is CCn1nc(C)c(CN2CC[C@@H]3OCC(=O)N(c4ccccc4)C[C@H]3C2)c1C. The smallest absolute Gasteiger partial charge is 0.252 e. The van der Waals surface area contributed by atoms with Crippen LogP contribution in [0.3, 0.4) is 0 Å². The summed E-state index contributed by atoms with van der Waals surface area (Å²) in [6.07, 6.45) is 1.13. The molecule has 28 heavy (non-hydrogen) atoms. The summed E-state index contributed by atoms with van der Waals surface area (Å²) in [6.45, 7) is 11.1. The lowest BCUT2D eigenvalue weighted by Gasteiger charge is -2.38. The number of aryl methyl sites for hydroxylation is 2. The van der Waals surface area contributed by atoms with Crippen LogP contribution in [0.25, 0.3) is 0 Å². The van der Waals surface area contributed by atoms with Gasteiger partial charge in [-0.15, -0.1) is 0 Å². The Morgan fingerprint density at radius 1 is 1.18 bits per heavy atom. The van der Waals surface area contributed by atoms with Crippen molar-refractivity contribution in [3.63, 3.8) is 0 Å². The topological polar surface area (TPSA) is 50.6 Å². The summed E-state index contributed by atoms with van der Waals surface area (Å²) in [5, 5.41) is 4.66. The first-order chi connectivity index (χ1) is 13.6. The van der Waals surface area contributed by atoms with Crippen LogP contribution in [-0.4, -0.2) is 52.9 Å². The summed E-state index contributed by atoms with van der Waals surface area (Å²) in [5.41, 5.74) is 4.69. The lowest BCUT2D eigenvalue weighted by Crippen LogP contribution is -2.47. The maximum absolute atomic E-state index is 12.6. The molecule has 0 aliphatic carbocycles. The number of hydrogen-bond acceptors (Lipinski definition) is 4. The van der Waals surface area contributed by atoms with Crippen LogP contribution in [0.15, 0.2) is 30.3 Å². The van der Waals surface area contributed by atoms with Crippen LogP contribution in [0.2, 0.25) is 0 Å². The molecule has 2 atom stereocenters. The molecule has 0 unspecified atom stereocenters. The highest BCUT2D eigenvalue weighted by atomic mass is 16.5. The van der Waals surface area contributed by atoms with Crippen LogP contribution < -0.4 is 4.90 Å². The Labute approximate surface area is 167 Å². The molecule has 0 N–H and O–H groups in total. The third-order valence-corrected chi connectivity index (χ3v) is 6.17. The zero-order valence-corrected chi connectivity index (χ0v) is 17.1.